The normalized spacial score (nSPS) is 10.5. The lowest BCUT2D eigenvalue weighted by Crippen LogP contribution is -1.91. The molecule has 1 heterocycles. The molecule has 0 fully saturated rings. The Morgan fingerprint density at radius 3 is 2.71 bits per heavy atom. The molecule has 0 radical (unpaired) electrons. The summed E-state index contributed by atoms with van der Waals surface area (Å²) in [4.78, 5) is 6.64. The predicted octanol–water partition coefficient (Wildman–Crippen LogP) is 3.46. The number of nitrogens with one attached hydrogen (secondary N) is 1. The summed E-state index contributed by atoms with van der Waals surface area (Å²) in [5, 5.41) is 4.16. The number of aromatic nitrogens is 1. The van der Waals surface area contributed by atoms with Crippen molar-refractivity contribution in [3.05, 3.63) is 35.3 Å². The van der Waals surface area contributed by atoms with Gasteiger partial charge in [0.1, 0.15) is 0 Å². The van der Waals surface area contributed by atoms with Crippen LogP contribution in [0.15, 0.2) is 35.4 Å². The van der Waals surface area contributed by atoms with Crippen molar-refractivity contribution in [1.29, 1.82) is 0 Å². The summed E-state index contributed by atoms with van der Waals surface area (Å²) in [5.74, 6) is 1.10. The zero-order chi connectivity index (χ0) is 12.1. The number of thioether (sulfide) groups is 1. The van der Waals surface area contributed by atoms with Crippen LogP contribution in [0.2, 0.25) is 0 Å². The molecule has 3 nitrogen and oxygen atoms in total. The first-order valence-electron chi connectivity index (χ1n) is 5.46. The molecule has 2 aromatic rings. The van der Waals surface area contributed by atoms with Crippen molar-refractivity contribution in [3.8, 4) is 0 Å². The summed E-state index contributed by atoms with van der Waals surface area (Å²) in [5.41, 5.74) is 6.61. The minimum Gasteiger partial charge on any atom is -0.332 e. The largest absolute Gasteiger partial charge is 0.332 e. The van der Waals surface area contributed by atoms with Gasteiger partial charge in [-0.1, -0.05) is 6.92 Å². The molecule has 0 atom stereocenters. The van der Waals surface area contributed by atoms with Gasteiger partial charge in [-0.25, -0.2) is 4.98 Å². The topological polar surface area (TPSA) is 50.9 Å². The summed E-state index contributed by atoms with van der Waals surface area (Å²) >= 11 is 3.43. The van der Waals surface area contributed by atoms with Crippen LogP contribution in [0.3, 0.4) is 0 Å². The molecule has 0 aliphatic heterocycles. The van der Waals surface area contributed by atoms with Crippen LogP contribution in [0.25, 0.3) is 0 Å². The highest BCUT2D eigenvalue weighted by atomic mass is 32.2. The molecule has 90 valence electrons. The molecule has 0 spiro atoms. The Balaban J connectivity index is 2.03. The first-order valence-corrected chi connectivity index (χ1v) is 7.26. The Bertz CT molecular complexity index is 465. The lowest BCUT2D eigenvalue weighted by Gasteiger charge is -2.03. The molecule has 1 aromatic heterocycles. The maximum absolute atomic E-state index is 5.55. The van der Waals surface area contributed by atoms with Crippen molar-refractivity contribution in [1.82, 2.24) is 4.98 Å². The molecular formula is C12H15N3S2. The Hall–Kier alpha value is -1.04. The summed E-state index contributed by atoms with van der Waals surface area (Å²) in [6, 6.07) is 8.38. The van der Waals surface area contributed by atoms with Gasteiger partial charge in [0.2, 0.25) is 0 Å². The van der Waals surface area contributed by atoms with Crippen molar-refractivity contribution in [2.75, 3.05) is 11.1 Å². The predicted molar refractivity (Wildman–Crippen MR) is 76.1 cm³/mol. The van der Waals surface area contributed by atoms with Gasteiger partial charge < -0.3 is 11.1 Å². The lowest BCUT2D eigenvalue weighted by molar-refractivity contribution is 1.10. The van der Waals surface area contributed by atoms with Gasteiger partial charge >= 0.3 is 0 Å². The van der Waals surface area contributed by atoms with Crippen molar-refractivity contribution >= 4 is 33.9 Å². The highest BCUT2D eigenvalue weighted by Gasteiger charge is 2.01. The van der Waals surface area contributed by atoms with E-state index < -0.39 is 0 Å². The van der Waals surface area contributed by atoms with E-state index in [0.717, 1.165) is 21.4 Å². The van der Waals surface area contributed by atoms with Crippen molar-refractivity contribution in [2.24, 2.45) is 5.73 Å². The SMILES string of the molecule is CCSc1ccc(Nc2ncc(CN)s2)cc1. The quantitative estimate of drug-likeness (QED) is 0.813. The Morgan fingerprint density at radius 1 is 1.35 bits per heavy atom. The highest BCUT2D eigenvalue weighted by Crippen LogP contribution is 2.24. The molecule has 0 saturated carbocycles. The zero-order valence-corrected chi connectivity index (χ0v) is 11.3. The molecule has 0 unspecified atom stereocenters. The molecule has 0 bridgehead atoms. The van der Waals surface area contributed by atoms with E-state index >= 15 is 0 Å². The van der Waals surface area contributed by atoms with Crippen molar-refractivity contribution < 1.29 is 0 Å². The van der Waals surface area contributed by atoms with Crippen LogP contribution in [0.1, 0.15) is 11.8 Å². The monoisotopic (exact) mass is 265 g/mol. The maximum atomic E-state index is 5.55. The van der Waals surface area contributed by atoms with E-state index in [1.807, 2.05) is 18.0 Å². The van der Waals surface area contributed by atoms with Gasteiger partial charge in [0.15, 0.2) is 5.13 Å². The molecule has 0 aliphatic carbocycles. The van der Waals surface area contributed by atoms with E-state index in [1.54, 1.807) is 11.3 Å². The second-order valence-electron chi connectivity index (χ2n) is 3.42. The second kappa shape index (κ2) is 6.05. The number of nitrogens with zero attached hydrogens (tertiary/aromatic N) is 1. The van der Waals surface area contributed by atoms with Gasteiger partial charge in [0.05, 0.1) is 0 Å². The van der Waals surface area contributed by atoms with E-state index in [2.05, 4.69) is 41.5 Å². The van der Waals surface area contributed by atoms with Gasteiger partial charge in [-0.05, 0) is 30.0 Å². The Labute approximate surface area is 109 Å². The molecule has 3 N–H and O–H groups in total. The standard InChI is InChI=1S/C12H15N3S2/c1-2-16-10-5-3-9(4-6-10)15-12-14-8-11(7-13)17-12/h3-6,8H,2,7,13H2,1H3,(H,14,15). The third kappa shape index (κ3) is 3.46. The average molecular weight is 265 g/mol. The maximum Gasteiger partial charge on any atom is 0.187 e. The molecule has 0 saturated heterocycles. The van der Waals surface area contributed by atoms with E-state index in [1.165, 1.54) is 4.90 Å². The minimum atomic E-state index is 0.547. The molecule has 0 amide bonds. The van der Waals surface area contributed by atoms with Crippen LogP contribution in [0.4, 0.5) is 10.8 Å². The first-order chi connectivity index (χ1) is 8.31. The van der Waals surface area contributed by atoms with E-state index in [-0.39, 0.29) is 0 Å². The Kier molecular flexibility index (Phi) is 4.42. The molecule has 17 heavy (non-hydrogen) atoms. The van der Waals surface area contributed by atoms with E-state index in [4.69, 9.17) is 5.73 Å². The molecule has 2 rings (SSSR count). The number of hydrogen-bond donors (Lipinski definition) is 2. The Morgan fingerprint density at radius 2 is 2.12 bits per heavy atom. The van der Waals surface area contributed by atoms with Gasteiger partial charge in [0.25, 0.3) is 0 Å². The van der Waals surface area contributed by atoms with E-state index in [9.17, 15) is 0 Å². The highest BCUT2D eigenvalue weighted by molar-refractivity contribution is 7.99. The molecule has 5 heteroatoms. The number of nitrogens with two attached hydrogens (primary N) is 1. The van der Waals surface area contributed by atoms with Crippen LogP contribution in [-0.2, 0) is 6.54 Å². The first kappa shape index (κ1) is 12.4. The van der Waals surface area contributed by atoms with Gasteiger partial charge in [0, 0.05) is 28.2 Å². The molecular weight excluding hydrogens is 250 g/mol. The zero-order valence-electron chi connectivity index (χ0n) is 9.64. The molecule has 1 aromatic carbocycles. The number of anilines is 2. The van der Waals surface area contributed by atoms with Crippen molar-refractivity contribution in [2.45, 2.75) is 18.4 Å². The van der Waals surface area contributed by atoms with E-state index in [0.29, 0.717) is 6.54 Å². The fourth-order valence-corrected chi connectivity index (χ4v) is 2.76. The number of hydrogen-bond acceptors (Lipinski definition) is 5. The van der Waals surface area contributed by atoms with Crippen LogP contribution in [0, 0.1) is 0 Å². The van der Waals surface area contributed by atoms with Crippen molar-refractivity contribution in [3.63, 3.8) is 0 Å². The second-order valence-corrected chi connectivity index (χ2v) is 5.87. The van der Waals surface area contributed by atoms with Gasteiger partial charge in [-0.3, -0.25) is 0 Å². The lowest BCUT2D eigenvalue weighted by atomic mass is 10.3. The van der Waals surface area contributed by atoms with Gasteiger partial charge in [-0.15, -0.1) is 23.1 Å². The average Bonchev–Trinajstić information content (AvgIpc) is 2.80. The number of benzene rings is 1. The number of rotatable bonds is 5. The summed E-state index contributed by atoms with van der Waals surface area (Å²) in [6.07, 6.45) is 1.81. The van der Waals surface area contributed by atoms with Crippen LogP contribution in [-0.4, -0.2) is 10.7 Å². The molecule has 0 aliphatic rings. The third-order valence-corrected chi connectivity index (χ3v) is 4.00. The van der Waals surface area contributed by atoms with Crippen LogP contribution >= 0.6 is 23.1 Å². The fourth-order valence-electron chi connectivity index (χ4n) is 1.38. The third-order valence-electron chi connectivity index (χ3n) is 2.17. The van der Waals surface area contributed by atoms with Gasteiger partial charge in [-0.2, -0.15) is 0 Å². The minimum absolute atomic E-state index is 0.547. The smallest absolute Gasteiger partial charge is 0.187 e. The fraction of sp³-hybridized carbons (Fsp3) is 0.250. The van der Waals surface area contributed by atoms with Crippen LogP contribution < -0.4 is 11.1 Å². The summed E-state index contributed by atoms with van der Waals surface area (Å²) in [6.45, 7) is 2.70. The summed E-state index contributed by atoms with van der Waals surface area (Å²) < 4.78 is 0. The van der Waals surface area contributed by atoms with Crippen LogP contribution in [0.5, 0.6) is 0 Å². The number of thiazole rings is 1. The summed E-state index contributed by atoms with van der Waals surface area (Å²) in [7, 11) is 0.